The molecule has 1 fully saturated rings. The zero-order valence-electron chi connectivity index (χ0n) is 17.3. The van der Waals surface area contributed by atoms with Gasteiger partial charge in [-0.1, -0.05) is 31.5 Å². The molecule has 1 aromatic carbocycles. The minimum atomic E-state index is -3.89. The highest BCUT2D eigenvalue weighted by molar-refractivity contribution is 7.89. The molecule has 0 aromatic heterocycles. The minimum absolute atomic E-state index is 0.103. The van der Waals surface area contributed by atoms with Crippen LogP contribution in [0.5, 0.6) is 0 Å². The third-order valence-corrected chi connectivity index (χ3v) is 6.59. The van der Waals surface area contributed by atoms with Gasteiger partial charge in [-0.3, -0.25) is 4.79 Å². The Morgan fingerprint density at radius 1 is 1.25 bits per heavy atom. The fourth-order valence-corrected chi connectivity index (χ4v) is 5.37. The summed E-state index contributed by atoms with van der Waals surface area (Å²) >= 11 is 0. The van der Waals surface area contributed by atoms with E-state index in [-0.39, 0.29) is 10.8 Å². The molecule has 8 heteroatoms. The molecule has 2 rings (SSSR count). The zero-order valence-corrected chi connectivity index (χ0v) is 18.1. The van der Waals surface area contributed by atoms with E-state index in [2.05, 4.69) is 10.0 Å². The van der Waals surface area contributed by atoms with Crippen molar-refractivity contribution < 1.29 is 23.1 Å². The molecule has 0 saturated carbocycles. The summed E-state index contributed by atoms with van der Waals surface area (Å²) < 4.78 is 33.9. The number of hydrogen-bond acceptors (Lipinski definition) is 5. The fourth-order valence-electron chi connectivity index (χ4n) is 3.71. The molecule has 3 N–H and O–H groups in total. The number of sulfonamides is 1. The van der Waals surface area contributed by atoms with Crippen molar-refractivity contribution in [3.8, 4) is 0 Å². The van der Waals surface area contributed by atoms with Crippen LogP contribution in [0.4, 0.5) is 0 Å². The Bertz CT molecular complexity index is 784. The summed E-state index contributed by atoms with van der Waals surface area (Å²) in [6, 6.07) is 2.16. The van der Waals surface area contributed by atoms with Crippen molar-refractivity contribution >= 4 is 15.9 Å². The third kappa shape index (κ3) is 5.76. The molecule has 0 bridgehead atoms. The highest BCUT2D eigenvalue weighted by Gasteiger charge is 2.32. The van der Waals surface area contributed by atoms with Gasteiger partial charge in [-0.2, -0.15) is 4.72 Å². The Morgan fingerprint density at radius 2 is 1.86 bits per heavy atom. The Kier molecular flexibility index (Phi) is 7.61. The first-order chi connectivity index (χ1) is 13.0. The zero-order chi connectivity index (χ0) is 21.1. The first-order valence-corrected chi connectivity index (χ1v) is 11.2. The smallest absolute Gasteiger partial charge is 0.241 e. The molecule has 1 heterocycles. The van der Waals surface area contributed by atoms with Gasteiger partial charge in [0, 0.05) is 6.61 Å². The van der Waals surface area contributed by atoms with E-state index in [1.165, 1.54) is 0 Å². The van der Waals surface area contributed by atoms with Gasteiger partial charge in [0.05, 0.1) is 10.9 Å². The van der Waals surface area contributed by atoms with Crippen LogP contribution in [0.2, 0.25) is 0 Å². The van der Waals surface area contributed by atoms with Gasteiger partial charge in [-0.25, -0.2) is 8.42 Å². The van der Waals surface area contributed by atoms with Crippen LogP contribution < -0.4 is 10.0 Å². The minimum Gasteiger partial charge on any atom is -0.366 e. The molecule has 1 aliphatic rings. The van der Waals surface area contributed by atoms with E-state index >= 15 is 0 Å². The van der Waals surface area contributed by atoms with Gasteiger partial charge in [0.2, 0.25) is 15.9 Å². The first kappa shape index (κ1) is 22.8. The second-order valence-electron chi connectivity index (χ2n) is 8.05. The van der Waals surface area contributed by atoms with Crippen LogP contribution in [0.3, 0.4) is 0 Å². The van der Waals surface area contributed by atoms with E-state index in [0.717, 1.165) is 12.0 Å². The Balaban J connectivity index is 2.24. The summed E-state index contributed by atoms with van der Waals surface area (Å²) in [4.78, 5) is 13.0. The van der Waals surface area contributed by atoms with Crippen molar-refractivity contribution in [2.24, 2.45) is 5.92 Å². The highest BCUT2D eigenvalue weighted by atomic mass is 32.2. The van der Waals surface area contributed by atoms with E-state index in [9.17, 15) is 18.3 Å². The van der Waals surface area contributed by atoms with E-state index in [1.807, 2.05) is 32.9 Å². The monoisotopic (exact) mass is 412 g/mol. The maximum absolute atomic E-state index is 13.1. The quantitative estimate of drug-likeness (QED) is 0.635. The standard InChI is InChI=1S/C20H32N2O5S/c1-12(2)9-17(19(23)21-16-7-6-8-27-20(16)24)22-28(25,26)18-14(4)10-13(3)11-15(18)5/h10-12,16-17,20,22,24H,6-9H2,1-5H3,(H,21,23)/t16-,17?,20?/m0/s1. The lowest BCUT2D eigenvalue weighted by molar-refractivity contribution is -0.151. The molecular weight excluding hydrogens is 380 g/mol. The Hall–Kier alpha value is -1.48. The van der Waals surface area contributed by atoms with Crippen LogP contribution in [-0.4, -0.2) is 44.4 Å². The van der Waals surface area contributed by atoms with Crippen LogP contribution in [0.25, 0.3) is 0 Å². The number of carbonyl (C=O) groups is 1. The van der Waals surface area contributed by atoms with Crippen molar-refractivity contribution in [3.63, 3.8) is 0 Å². The summed E-state index contributed by atoms with van der Waals surface area (Å²) in [6.45, 7) is 9.71. The number of carbonyl (C=O) groups excluding carboxylic acids is 1. The van der Waals surface area contributed by atoms with Gasteiger partial charge in [-0.05, 0) is 57.1 Å². The van der Waals surface area contributed by atoms with Crippen molar-refractivity contribution in [2.75, 3.05) is 6.61 Å². The SMILES string of the molecule is Cc1cc(C)c(S(=O)(=O)NC(CC(C)C)C(=O)N[C@H]2CCCOC2O)c(C)c1. The number of hydrogen-bond donors (Lipinski definition) is 3. The summed E-state index contributed by atoms with van der Waals surface area (Å²) in [7, 11) is -3.89. The van der Waals surface area contributed by atoms with Gasteiger partial charge in [0.25, 0.3) is 0 Å². The molecule has 3 atom stereocenters. The fraction of sp³-hybridized carbons (Fsp3) is 0.650. The number of aryl methyl sites for hydroxylation is 3. The lowest BCUT2D eigenvalue weighted by Crippen LogP contribution is -2.54. The molecule has 28 heavy (non-hydrogen) atoms. The normalized spacial score (nSPS) is 21.5. The van der Waals surface area contributed by atoms with Gasteiger partial charge in [0.1, 0.15) is 6.04 Å². The molecule has 1 aliphatic heterocycles. The highest BCUT2D eigenvalue weighted by Crippen LogP contribution is 2.23. The van der Waals surface area contributed by atoms with Crippen LogP contribution in [0.1, 0.15) is 49.8 Å². The van der Waals surface area contributed by atoms with Crippen LogP contribution in [0.15, 0.2) is 17.0 Å². The maximum atomic E-state index is 13.1. The number of benzene rings is 1. The molecule has 1 aromatic rings. The number of nitrogens with one attached hydrogen (secondary N) is 2. The second kappa shape index (κ2) is 9.35. The summed E-state index contributed by atoms with van der Waals surface area (Å²) in [6.07, 6.45) is 0.586. The first-order valence-electron chi connectivity index (χ1n) is 9.71. The summed E-state index contributed by atoms with van der Waals surface area (Å²) in [5.74, 6) is -0.347. The number of rotatable bonds is 7. The van der Waals surface area contributed by atoms with Crippen LogP contribution in [-0.2, 0) is 19.6 Å². The van der Waals surface area contributed by atoms with E-state index in [0.29, 0.717) is 30.6 Å². The van der Waals surface area contributed by atoms with Crippen molar-refractivity contribution in [1.29, 1.82) is 0 Å². The van der Waals surface area contributed by atoms with Crippen molar-refractivity contribution in [3.05, 3.63) is 28.8 Å². The third-order valence-electron chi connectivity index (χ3n) is 4.81. The molecule has 158 valence electrons. The second-order valence-corrected chi connectivity index (χ2v) is 9.70. The lowest BCUT2D eigenvalue weighted by Gasteiger charge is -2.30. The summed E-state index contributed by atoms with van der Waals surface area (Å²) in [5.41, 5.74) is 2.27. The molecule has 0 radical (unpaired) electrons. The Labute approximate surface area is 167 Å². The lowest BCUT2D eigenvalue weighted by atomic mass is 10.0. The number of amides is 1. The van der Waals surface area contributed by atoms with Gasteiger partial charge in [-0.15, -0.1) is 0 Å². The predicted octanol–water partition coefficient (Wildman–Crippen LogP) is 1.92. The van der Waals surface area contributed by atoms with Gasteiger partial charge < -0.3 is 15.2 Å². The molecule has 1 amide bonds. The largest absolute Gasteiger partial charge is 0.366 e. The average Bonchev–Trinajstić information content (AvgIpc) is 2.54. The summed E-state index contributed by atoms with van der Waals surface area (Å²) in [5, 5.41) is 12.7. The van der Waals surface area contributed by atoms with E-state index in [4.69, 9.17) is 4.74 Å². The predicted molar refractivity (Wildman–Crippen MR) is 107 cm³/mol. The van der Waals surface area contributed by atoms with E-state index in [1.54, 1.807) is 13.8 Å². The molecular formula is C20H32N2O5S. The maximum Gasteiger partial charge on any atom is 0.241 e. The number of aliphatic hydroxyl groups is 1. The molecule has 0 aliphatic carbocycles. The van der Waals surface area contributed by atoms with Crippen LogP contribution in [0, 0.1) is 26.7 Å². The van der Waals surface area contributed by atoms with Gasteiger partial charge >= 0.3 is 0 Å². The molecule has 7 nitrogen and oxygen atoms in total. The molecule has 0 spiro atoms. The topological polar surface area (TPSA) is 105 Å². The van der Waals surface area contributed by atoms with Crippen LogP contribution >= 0.6 is 0 Å². The van der Waals surface area contributed by atoms with Crippen molar-refractivity contribution in [1.82, 2.24) is 10.0 Å². The molecule has 2 unspecified atom stereocenters. The van der Waals surface area contributed by atoms with Gasteiger partial charge in [0.15, 0.2) is 6.29 Å². The average molecular weight is 413 g/mol. The molecule has 1 saturated heterocycles. The van der Waals surface area contributed by atoms with Crippen molar-refractivity contribution in [2.45, 2.75) is 77.2 Å². The number of aliphatic hydroxyl groups excluding tert-OH is 1. The number of ether oxygens (including phenoxy) is 1. The Morgan fingerprint density at radius 3 is 2.39 bits per heavy atom. The van der Waals surface area contributed by atoms with E-state index < -0.39 is 34.3 Å².